The molecular weight excluding hydrogens is 252 g/mol. The summed E-state index contributed by atoms with van der Waals surface area (Å²) in [6, 6.07) is 19.4. The molecule has 4 nitrogen and oxygen atoms in total. The van der Waals surface area contributed by atoms with E-state index in [4.69, 9.17) is 0 Å². The molecule has 0 aromatic heterocycles. The lowest BCUT2D eigenvalue weighted by atomic mass is 10.1. The average molecular weight is 270 g/mol. The maximum atomic E-state index is 11.7. The van der Waals surface area contributed by atoms with Crippen LogP contribution in [-0.2, 0) is 12.8 Å². The Bertz CT molecular complexity index is 502. The second kappa shape index (κ2) is 7.28. The van der Waals surface area contributed by atoms with Crippen molar-refractivity contribution in [2.24, 2.45) is 0 Å². The van der Waals surface area contributed by atoms with Crippen LogP contribution in [0.25, 0.3) is 0 Å². The summed E-state index contributed by atoms with van der Waals surface area (Å²) in [4.78, 5) is 0.992. The summed E-state index contributed by atoms with van der Waals surface area (Å²) in [6.45, 7) is 0.366. The largest absolute Gasteiger partial charge is 0.567 e. The third-order valence-corrected chi connectivity index (χ3v) is 3.12. The highest BCUT2D eigenvalue weighted by molar-refractivity contribution is 5.15. The summed E-state index contributed by atoms with van der Waals surface area (Å²) < 4.78 is 0. The molecule has 2 aromatic carbocycles. The van der Waals surface area contributed by atoms with Gasteiger partial charge in [0.15, 0.2) is 0 Å². The fourth-order valence-electron chi connectivity index (χ4n) is 1.96. The zero-order chi connectivity index (χ0) is 14.2. The summed E-state index contributed by atoms with van der Waals surface area (Å²) in [7, 11) is 0. The van der Waals surface area contributed by atoms with Crippen LogP contribution in [0.15, 0.2) is 60.7 Å². The summed E-state index contributed by atoms with van der Waals surface area (Å²) in [5.74, 6) is 0. The molecule has 104 valence electrons. The Morgan fingerprint density at radius 1 is 0.600 bits per heavy atom. The van der Waals surface area contributed by atoms with E-state index in [1.54, 1.807) is 0 Å². The van der Waals surface area contributed by atoms with E-state index in [0.29, 0.717) is 22.6 Å². The standard InChI is InChI=1S/C16H18N2O2/c19-17(13-11-15-7-3-1-4-8-15)18(20)14-12-16-9-5-2-6-10-16/h1-10H,11-14H2/b18-17+. The lowest BCUT2D eigenvalue weighted by Gasteiger charge is -2.05. The third kappa shape index (κ3) is 4.39. The molecule has 0 aliphatic carbocycles. The number of hydroxylamine groups is 2. The predicted octanol–water partition coefficient (Wildman–Crippen LogP) is 2.94. The Morgan fingerprint density at radius 2 is 0.950 bits per heavy atom. The minimum Gasteiger partial charge on any atom is -0.567 e. The number of hydrogen-bond donors (Lipinski definition) is 0. The number of nitrogens with zero attached hydrogens (tertiary/aromatic N) is 2. The van der Waals surface area contributed by atoms with Crippen molar-refractivity contribution >= 4 is 0 Å². The van der Waals surface area contributed by atoms with Gasteiger partial charge >= 0.3 is 0 Å². The van der Waals surface area contributed by atoms with Crippen molar-refractivity contribution in [3.8, 4) is 0 Å². The first-order valence-electron chi connectivity index (χ1n) is 6.73. The van der Waals surface area contributed by atoms with Gasteiger partial charge < -0.3 is 10.4 Å². The number of hydrogen-bond acceptors (Lipinski definition) is 2. The molecule has 4 heteroatoms. The molecule has 0 amide bonds. The van der Waals surface area contributed by atoms with Crippen LogP contribution in [0.3, 0.4) is 0 Å². The van der Waals surface area contributed by atoms with E-state index >= 15 is 0 Å². The molecule has 0 saturated heterocycles. The van der Waals surface area contributed by atoms with Gasteiger partial charge in [-0.05, 0) is 11.1 Å². The Balaban J connectivity index is 1.84. The van der Waals surface area contributed by atoms with Gasteiger partial charge in [-0.25, -0.2) is 0 Å². The monoisotopic (exact) mass is 270 g/mol. The second-order valence-electron chi connectivity index (χ2n) is 4.62. The highest BCUT2D eigenvalue weighted by Crippen LogP contribution is 2.01. The minimum atomic E-state index is 0.183. The average Bonchev–Trinajstić information content (AvgIpc) is 2.52. The van der Waals surface area contributed by atoms with Crippen LogP contribution in [-0.4, -0.2) is 22.8 Å². The van der Waals surface area contributed by atoms with E-state index < -0.39 is 0 Å². The molecule has 0 aliphatic rings. The van der Waals surface area contributed by atoms with Crippen molar-refractivity contribution in [1.82, 2.24) is 0 Å². The van der Waals surface area contributed by atoms with Gasteiger partial charge in [0.25, 0.3) is 0 Å². The van der Waals surface area contributed by atoms with Crippen LogP contribution >= 0.6 is 0 Å². The van der Waals surface area contributed by atoms with Gasteiger partial charge in [0.1, 0.15) is 0 Å². The van der Waals surface area contributed by atoms with E-state index in [-0.39, 0.29) is 13.1 Å². The van der Waals surface area contributed by atoms with Crippen LogP contribution < -0.4 is 0 Å². The van der Waals surface area contributed by atoms with Crippen LogP contribution in [0.4, 0.5) is 0 Å². The predicted molar refractivity (Wildman–Crippen MR) is 77.3 cm³/mol. The Labute approximate surface area is 118 Å². The lowest BCUT2D eigenvalue weighted by molar-refractivity contribution is -0.969. The fraction of sp³-hybridized carbons (Fsp3) is 0.250. The van der Waals surface area contributed by atoms with E-state index in [2.05, 4.69) is 0 Å². The van der Waals surface area contributed by atoms with Gasteiger partial charge in [0.2, 0.25) is 13.1 Å². The molecule has 0 N–H and O–H groups in total. The quantitative estimate of drug-likeness (QED) is 0.460. The van der Waals surface area contributed by atoms with Crippen LogP contribution in [0.1, 0.15) is 11.1 Å². The van der Waals surface area contributed by atoms with Crippen molar-refractivity contribution < 1.29 is 9.72 Å². The van der Waals surface area contributed by atoms with Crippen molar-refractivity contribution in [2.45, 2.75) is 12.8 Å². The van der Waals surface area contributed by atoms with Gasteiger partial charge in [-0.1, -0.05) is 60.7 Å². The lowest BCUT2D eigenvalue weighted by Crippen LogP contribution is -2.22. The van der Waals surface area contributed by atoms with E-state index in [9.17, 15) is 10.4 Å². The first-order valence-corrected chi connectivity index (χ1v) is 6.73. The normalized spacial score (nSPS) is 12.0. The highest BCUT2D eigenvalue weighted by Gasteiger charge is 2.08. The highest BCUT2D eigenvalue weighted by atomic mass is 16.6. The fourth-order valence-corrected chi connectivity index (χ4v) is 1.96. The van der Waals surface area contributed by atoms with Crippen molar-refractivity contribution in [3.05, 3.63) is 82.2 Å². The van der Waals surface area contributed by atoms with Crippen LogP contribution in [0.5, 0.6) is 0 Å². The first-order chi connectivity index (χ1) is 9.75. The molecule has 0 bridgehead atoms. The molecule has 0 heterocycles. The minimum absolute atomic E-state index is 0.183. The topological polar surface area (TPSA) is 52.1 Å². The van der Waals surface area contributed by atoms with Gasteiger partial charge in [-0.15, -0.1) is 0 Å². The molecule has 0 radical (unpaired) electrons. The van der Waals surface area contributed by atoms with E-state index in [0.717, 1.165) is 11.1 Å². The van der Waals surface area contributed by atoms with Gasteiger partial charge in [0, 0.05) is 22.6 Å². The SMILES string of the molecule is [O-]/[N+](CCc1ccccc1)=[N+](/[O-])CCc1ccccc1. The molecule has 0 fully saturated rings. The first kappa shape index (κ1) is 14.1. The maximum absolute atomic E-state index is 11.7. The zero-order valence-corrected chi connectivity index (χ0v) is 11.3. The van der Waals surface area contributed by atoms with Crippen LogP contribution in [0, 0.1) is 10.4 Å². The maximum Gasteiger partial charge on any atom is 0.224 e. The molecular formula is C16H18N2O2. The third-order valence-electron chi connectivity index (χ3n) is 3.12. The number of rotatable bonds is 6. The Morgan fingerprint density at radius 3 is 1.30 bits per heavy atom. The number of benzene rings is 2. The van der Waals surface area contributed by atoms with Crippen LogP contribution in [0.2, 0.25) is 0 Å². The van der Waals surface area contributed by atoms with Gasteiger partial charge in [0.05, 0.1) is 0 Å². The Kier molecular flexibility index (Phi) is 5.12. The summed E-state index contributed by atoms with van der Waals surface area (Å²) >= 11 is 0. The molecule has 0 spiro atoms. The summed E-state index contributed by atoms with van der Waals surface area (Å²) in [5, 5.41) is 23.3. The van der Waals surface area contributed by atoms with Crippen molar-refractivity contribution in [3.63, 3.8) is 0 Å². The van der Waals surface area contributed by atoms with E-state index in [1.165, 1.54) is 0 Å². The van der Waals surface area contributed by atoms with Gasteiger partial charge in [-0.2, -0.15) is 0 Å². The van der Waals surface area contributed by atoms with Gasteiger partial charge in [-0.3, -0.25) is 0 Å². The smallest absolute Gasteiger partial charge is 0.224 e. The van der Waals surface area contributed by atoms with Crippen molar-refractivity contribution in [1.29, 1.82) is 0 Å². The summed E-state index contributed by atoms with van der Waals surface area (Å²) in [6.07, 6.45) is 1.16. The van der Waals surface area contributed by atoms with Crippen molar-refractivity contribution in [2.75, 3.05) is 13.1 Å². The Hall–Kier alpha value is -2.36. The molecule has 0 aliphatic heterocycles. The molecule has 2 rings (SSSR count). The molecule has 0 saturated carbocycles. The molecule has 2 aromatic rings. The van der Waals surface area contributed by atoms with E-state index in [1.807, 2.05) is 60.7 Å². The summed E-state index contributed by atoms with van der Waals surface area (Å²) in [5.41, 5.74) is 2.12. The molecule has 0 unspecified atom stereocenters. The molecule has 20 heavy (non-hydrogen) atoms. The molecule has 0 atom stereocenters. The zero-order valence-electron chi connectivity index (χ0n) is 11.3. The second-order valence-corrected chi connectivity index (χ2v) is 4.62. The number of azo groups is 1.